The molecule has 2 heterocycles. The normalized spacial score (nSPS) is 20.7. The molecule has 0 saturated carbocycles. The number of rotatable bonds is 6. The fraction of sp³-hybridized carbons (Fsp3) is 0.389. The van der Waals surface area contributed by atoms with Crippen LogP contribution in [-0.4, -0.2) is 45.5 Å². The lowest BCUT2D eigenvalue weighted by atomic mass is 9.98. The minimum atomic E-state index is -3.26. The van der Waals surface area contributed by atoms with Gasteiger partial charge in [0.1, 0.15) is 5.75 Å². The summed E-state index contributed by atoms with van der Waals surface area (Å²) >= 11 is 5.86. The summed E-state index contributed by atoms with van der Waals surface area (Å²) in [7, 11) is -3.26. The Morgan fingerprint density at radius 3 is 2.69 bits per heavy atom. The summed E-state index contributed by atoms with van der Waals surface area (Å²) in [5.74, 6) is 0.683. The van der Waals surface area contributed by atoms with Crippen molar-refractivity contribution in [3.63, 3.8) is 0 Å². The summed E-state index contributed by atoms with van der Waals surface area (Å²) in [5, 5.41) is 0.598. The van der Waals surface area contributed by atoms with Crippen molar-refractivity contribution in [3.8, 4) is 17.0 Å². The Morgan fingerprint density at radius 2 is 2.04 bits per heavy atom. The molecule has 0 unspecified atom stereocenters. The van der Waals surface area contributed by atoms with Crippen LogP contribution in [0.5, 0.6) is 5.75 Å². The number of nitrogens with one attached hydrogen (secondary N) is 1. The quantitative estimate of drug-likeness (QED) is 0.812. The van der Waals surface area contributed by atoms with Gasteiger partial charge in [-0.25, -0.2) is 13.1 Å². The first-order valence-corrected chi connectivity index (χ1v) is 10.6. The molecule has 2 aromatic rings. The number of hydrogen-bond donors (Lipinski definition) is 1. The zero-order valence-corrected chi connectivity index (χ0v) is 16.0. The molecule has 1 aromatic heterocycles. The molecular weight excluding hydrogens is 376 g/mol. The third-order valence-electron chi connectivity index (χ3n) is 4.18. The summed E-state index contributed by atoms with van der Waals surface area (Å²) in [6.45, 7) is 1.40. The molecule has 0 radical (unpaired) electrons. The van der Waals surface area contributed by atoms with Gasteiger partial charge < -0.3 is 9.47 Å². The molecule has 0 bridgehead atoms. The molecule has 1 aliphatic rings. The van der Waals surface area contributed by atoms with Crippen LogP contribution >= 0.6 is 11.6 Å². The first-order valence-electron chi connectivity index (χ1n) is 8.30. The summed E-state index contributed by atoms with van der Waals surface area (Å²) < 4.78 is 37.0. The Bertz CT molecular complexity index is 825. The third kappa shape index (κ3) is 5.41. The molecule has 3 rings (SSSR count). The maximum absolute atomic E-state index is 11.5. The molecule has 1 fully saturated rings. The highest BCUT2D eigenvalue weighted by atomic mass is 35.5. The third-order valence-corrected chi connectivity index (χ3v) is 5.14. The largest absolute Gasteiger partial charge is 0.493 e. The Kier molecular flexibility index (Phi) is 6.13. The summed E-state index contributed by atoms with van der Waals surface area (Å²) in [6, 6.07) is 11.1. The number of aromatic nitrogens is 1. The highest BCUT2D eigenvalue weighted by Gasteiger charge is 2.28. The molecule has 1 aliphatic heterocycles. The van der Waals surface area contributed by atoms with E-state index >= 15 is 0 Å². The van der Waals surface area contributed by atoms with Gasteiger partial charge in [0.15, 0.2) is 0 Å². The van der Waals surface area contributed by atoms with Gasteiger partial charge in [0, 0.05) is 30.3 Å². The molecule has 1 N–H and O–H groups in total. The summed E-state index contributed by atoms with van der Waals surface area (Å²) in [6.07, 6.45) is 3.42. The topological polar surface area (TPSA) is 77.5 Å². The van der Waals surface area contributed by atoms with E-state index in [1.165, 1.54) is 6.26 Å². The summed E-state index contributed by atoms with van der Waals surface area (Å²) in [4.78, 5) is 4.29. The second kappa shape index (κ2) is 8.35. The van der Waals surface area contributed by atoms with E-state index in [0.29, 0.717) is 37.0 Å². The van der Waals surface area contributed by atoms with Crippen molar-refractivity contribution < 1.29 is 17.9 Å². The predicted molar refractivity (Wildman–Crippen MR) is 101 cm³/mol. The maximum atomic E-state index is 11.5. The van der Waals surface area contributed by atoms with Crippen LogP contribution in [0.2, 0.25) is 5.02 Å². The predicted octanol–water partition coefficient (Wildman–Crippen LogP) is 2.74. The van der Waals surface area contributed by atoms with E-state index in [1.54, 1.807) is 12.3 Å². The Balaban J connectivity index is 1.61. The van der Waals surface area contributed by atoms with Crippen LogP contribution < -0.4 is 9.46 Å². The first kappa shape index (κ1) is 19.1. The van der Waals surface area contributed by atoms with Gasteiger partial charge in [0.25, 0.3) is 0 Å². The number of halogens is 1. The molecule has 1 saturated heterocycles. The minimum Gasteiger partial charge on any atom is -0.493 e. The van der Waals surface area contributed by atoms with Crippen molar-refractivity contribution in [3.05, 3.63) is 47.6 Å². The molecule has 140 valence electrons. The lowest BCUT2D eigenvalue weighted by Crippen LogP contribution is -2.47. The zero-order valence-electron chi connectivity index (χ0n) is 14.4. The Labute approximate surface area is 158 Å². The molecule has 0 amide bonds. The fourth-order valence-corrected chi connectivity index (χ4v) is 3.84. The Hall–Kier alpha value is -1.67. The van der Waals surface area contributed by atoms with Crippen molar-refractivity contribution in [2.75, 3.05) is 26.1 Å². The van der Waals surface area contributed by atoms with Crippen molar-refractivity contribution in [2.24, 2.45) is 5.92 Å². The van der Waals surface area contributed by atoms with Crippen molar-refractivity contribution >= 4 is 21.6 Å². The molecule has 0 aliphatic carbocycles. The molecular formula is C18H21ClN2O4S. The van der Waals surface area contributed by atoms with Crippen molar-refractivity contribution in [2.45, 2.75) is 12.5 Å². The molecule has 8 heteroatoms. The van der Waals surface area contributed by atoms with E-state index in [4.69, 9.17) is 21.1 Å². The van der Waals surface area contributed by atoms with Gasteiger partial charge in [-0.1, -0.05) is 11.6 Å². The van der Waals surface area contributed by atoms with E-state index in [9.17, 15) is 8.42 Å². The van der Waals surface area contributed by atoms with Gasteiger partial charge in [-0.3, -0.25) is 4.98 Å². The Morgan fingerprint density at radius 1 is 1.27 bits per heavy atom. The monoisotopic (exact) mass is 396 g/mol. The van der Waals surface area contributed by atoms with E-state index in [1.807, 2.05) is 30.3 Å². The average molecular weight is 397 g/mol. The lowest BCUT2D eigenvalue weighted by Gasteiger charge is -2.31. The van der Waals surface area contributed by atoms with Gasteiger partial charge in [-0.2, -0.15) is 0 Å². The average Bonchev–Trinajstić information content (AvgIpc) is 2.61. The van der Waals surface area contributed by atoms with E-state index in [-0.39, 0.29) is 12.0 Å². The second-order valence-corrected chi connectivity index (χ2v) is 8.53. The van der Waals surface area contributed by atoms with E-state index in [0.717, 1.165) is 11.3 Å². The maximum Gasteiger partial charge on any atom is 0.208 e. The number of pyridine rings is 1. The van der Waals surface area contributed by atoms with Crippen molar-refractivity contribution in [1.82, 2.24) is 9.71 Å². The van der Waals surface area contributed by atoms with Gasteiger partial charge in [0.05, 0.1) is 30.2 Å². The SMILES string of the molecule is CS(=O)(=O)N[C@H]1CCOC[C@@H]1COc1ccc(-c2ccc(Cl)cn2)cc1. The van der Waals surface area contributed by atoms with Gasteiger partial charge in [-0.15, -0.1) is 0 Å². The summed E-state index contributed by atoms with van der Waals surface area (Å²) in [5.41, 5.74) is 1.80. The second-order valence-electron chi connectivity index (χ2n) is 6.32. The number of hydrogen-bond acceptors (Lipinski definition) is 5. The van der Waals surface area contributed by atoms with Crippen LogP contribution in [0.3, 0.4) is 0 Å². The van der Waals surface area contributed by atoms with Crippen LogP contribution in [0, 0.1) is 5.92 Å². The fourth-order valence-electron chi connectivity index (χ4n) is 2.86. The van der Waals surface area contributed by atoms with Gasteiger partial charge in [-0.05, 0) is 42.8 Å². The number of benzene rings is 1. The standard InChI is InChI=1S/C18H21ClN2O4S/c1-26(22,23)21-18-8-9-24-11-14(18)12-25-16-5-2-13(3-6-16)17-7-4-15(19)10-20-17/h2-7,10,14,18,21H,8-9,11-12H2,1H3/t14-,18+/m1/s1. The number of nitrogens with zero attached hydrogens (tertiary/aromatic N) is 1. The van der Waals surface area contributed by atoms with Crippen molar-refractivity contribution in [1.29, 1.82) is 0 Å². The lowest BCUT2D eigenvalue weighted by molar-refractivity contribution is 0.0187. The van der Waals surface area contributed by atoms with Crippen LogP contribution in [0.25, 0.3) is 11.3 Å². The minimum absolute atomic E-state index is 0.0314. The zero-order chi connectivity index (χ0) is 18.6. The number of ether oxygens (including phenoxy) is 2. The molecule has 2 atom stereocenters. The van der Waals surface area contributed by atoms with Crippen LogP contribution in [0.1, 0.15) is 6.42 Å². The highest BCUT2D eigenvalue weighted by Crippen LogP contribution is 2.23. The van der Waals surface area contributed by atoms with E-state index in [2.05, 4.69) is 9.71 Å². The van der Waals surface area contributed by atoms with Crippen LogP contribution in [0.4, 0.5) is 0 Å². The number of sulfonamides is 1. The van der Waals surface area contributed by atoms with Crippen LogP contribution in [0.15, 0.2) is 42.6 Å². The molecule has 1 aromatic carbocycles. The van der Waals surface area contributed by atoms with Gasteiger partial charge in [0.2, 0.25) is 10.0 Å². The molecule has 0 spiro atoms. The van der Waals surface area contributed by atoms with E-state index < -0.39 is 10.0 Å². The molecule has 6 nitrogen and oxygen atoms in total. The van der Waals surface area contributed by atoms with Crippen LogP contribution in [-0.2, 0) is 14.8 Å². The highest BCUT2D eigenvalue weighted by molar-refractivity contribution is 7.88. The smallest absolute Gasteiger partial charge is 0.208 e. The first-order chi connectivity index (χ1) is 12.4. The van der Waals surface area contributed by atoms with Gasteiger partial charge >= 0.3 is 0 Å². The molecule has 26 heavy (non-hydrogen) atoms.